The number of nitrogens with one attached hydrogen (secondary N) is 1. The van der Waals surface area contributed by atoms with Gasteiger partial charge in [0.15, 0.2) is 0 Å². The first-order valence-corrected chi connectivity index (χ1v) is 25.5. The molecular formula is C52H101NO3. The summed E-state index contributed by atoms with van der Waals surface area (Å²) in [5.41, 5.74) is 0. The zero-order valence-electron chi connectivity index (χ0n) is 38.2. The maximum atomic E-state index is 12.4. The van der Waals surface area contributed by atoms with Crippen LogP contribution in [-0.2, 0) is 4.79 Å². The molecule has 0 aliphatic carbocycles. The van der Waals surface area contributed by atoms with Crippen LogP contribution in [0.15, 0.2) is 24.3 Å². The molecule has 4 heteroatoms. The first-order chi connectivity index (χ1) is 27.7. The van der Waals surface area contributed by atoms with Gasteiger partial charge < -0.3 is 15.5 Å². The second kappa shape index (κ2) is 48.2. The molecule has 0 heterocycles. The average Bonchev–Trinajstić information content (AvgIpc) is 3.20. The standard InChI is InChI=1S/C52H101NO3/c1-3-5-7-9-11-13-15-17-19-21-22-23-24-25-26-27-28-29-30-32-33-35-37-39-41-43-45-47-51(55)50(49-54)53-52(56)48-46-44-42-40-38-36-34-31-20-18-16-14-12-10-8-6-4-2/h12,14,18,20,50-51,54-55H,3-11,13,15-17,19,21-49H2,1-2H3,(H,53,56)/b14-12-,20-18-. The van der Waals surface area contributed by atoms with E-state index < -0.39 is 12.1 Å². The number of hydrogen-bond acceptors (Lipinski definition) is 3. The fourth-order valence-electron chi connectivity index (χ4n) is 8.04. The number of carbonyl (C=O) groups is 1. The Kier molecular flexibility index (Phi) is 47.3. The molecule has 0 aromatic heterocycles. The third kappa shape index (κ3) is 44.0. The number of amides is 1. The minimum Gasteiger partial charge on any atom is -0.394 e. The van der Waals surface area contributed by atoms with Crippen molar-refractivity contribution < 1.29 is 15.0 Å². The van der Waals surface area contributed by atoms with Crippen LogP contribution in [0, 0.1) is 0 Å². The Balaban J connectivity index is 3.44. The highest BCUT2D eigenvalue weighted by Crippen LogP contribution is 2.17. The van der Waals surface area contributed by atoms with Crippen LogP contribution in [0.5, 0.6) is 0 Å². The predicted octanol–water partition coefficient (Wildman–Crippen LogP) is 16.4. The van der Waals surface area contributed by atoms with Gasteiger partial charge in [-0.15, -0.1) is 0 Å². The van der Waals surface area contributed by atoms with Crippen molar-refractivity contribution in [1.82, 2.24) is 5.32 Å². The van der Waals surface area contributed by atoms with Gasteiger partial charge in [0.05, 0.1) is 18.8 Å². The number of rotatable bonds is 47. The van der Waals surface area contributed by atoms with E-state index in [2.05, 4.69) is 43.5 Å². The molecule has 0 fully saturated rings. The van der Waals surface area contributed by atoms with Gasteiger partial charge in [0.25, 0.3) is 0 Å². The van der Waals surface area contributed by atoms with Crippen molar-refractivity contribution in [3.8, 4) is 0 Å². The normalized spacial score (nSPS) is 13.0. The monoisotopic (exact) mass is 788 g/mol. The predicted molar refractivity (Wildman–Crippen MR) is 249 cm³/mol. The molecule has 2 atom stereocenters. The fraction of sp³-hybridized carbons (Fsp3) is 0.904. The molecule has 0 spiro atoms. The smallest absolute Gasteiger partial charge is 0.220 e. The van der Waals surface area contributed by atoms with Crippen molar-refractivity contribution in [1.29, 1.82) is 0 Å². The highest BCUT2D eigenvalue weighted by Gasteiger charge is 2.20. The van der Waals surface area contributed by atoms with Crippen LogP contribution in [0.2, 0.25) is 0 Å². The molecule has 56 heavy (non-hydrogen) atoms. The summed E-state index contributed by atoms with van der Waals surface area (Å²) in [5, 5.41) is 23.3. The topological polar surface area (TPSA) is 69.6 Å². The summed E-state index contributed by atoms with van der Waals surface area (Å²) >= 11 is 0. The van der Waals surface area contributed by atoms with E-state index in [0.717, 1.165) is 32.1 Å². The highest BCUT2D eigenvalue weighted by atomic mass is 16.3. The summed E-state index contributed by atoms with van der Waals surface area (Å²) in [4.78, 5) is 12.4. The van der Waals surface area contributed by atoms with Crippen molar-refractivity contribution in [3.63, 3.8) is 0 Å². The van der Waals surface area contributed by atoms with Crippen LogP contribution in [-0.4, -0.2) is 34.9 Å². The SMILES string of the molecule is CCCCC/C=C\C/C=C\CCCCCCCCCC(=O)NC(CO)C(O)CCCCCCCCCCCCCCCCCCCCCCCCCCCCC. The quantitative estimate of drug-likeness (QED) is 0.0425. The van der Waals surface area contributed by atoms with E-state index >= 15 is 0 Å². The molecule has 4 nitrogen and oxygen atoms in total. The van der Waals surface area contributed by atoms with Gasteiger partial charge in [0.2, 0.25) is 5.91 Å². The van der Waals surface area contributed by atoms with Gasteiger partial charge in [0, 0.05) is 6.42 Å². The van der Waals surface area contributed by atoms with Gasteiger partial charge in [-0.3, -0.25) is 4.79 Å². The molecule has 0 saturated carbocycles. The highest BCUT2D eigenvalue weighted by molar-refractivity contribution is 5.76. The van der Waals surface area contributed by atoms with Gasteiger partial charge in [-0.2, -0.15) is 0 Å². The molecule has 0 bridgehead atoms. The summed E-state index contributed by atoms with van der Waals surface area (Å²) in [7, 11) is 0. The zero-order chi connectivity index (χ0) is 40.7. The van der Waals surface area contributed by atoms with Crippen LogP contribution in [0.3, 0.4) is 0 Å². The van der Waals surface area contributed by atoms with E-state index in [1.54, 1.807) is 0 Å². The summed E-state index contributed by atoms with van der Waals surface area (Å²) in [6.45, 7) is 4.35. The lowest BCUT2D eigenvalue weighted by Gasteiger charge is -2.22. The average molecular weight is 788 g/mol. The van der Waals surface area contributed by atoms with E-state index in [9.17, 15) is 15.0 Å². The van der Waals surface area contributed by atoms with Crippen molar-refractivity contribution in [2.24, 2.45) is 0 Å². The lowest BCUT2D eigenvalue weighted by Crippen LogP contribution is -2.45. The van der Waals surface area contributed by atoms with Crippen LogP contribution < -0.4 is 5.32 Å². The Bertz CT molecular complexity index is 810. The molecule has 332 valence electrons. The maximum absolute atomic E-state index is 12.4. The first-order valence-electron chi connectivity index (χ1n) is 25.5. The number of carbonyl (C=O) groups excluding carboxylic acids is 1. The van der Waals surface area contributed by atoms with E-state index in [4.69, 9.17) is 0 Å². The molecule has 0 saturated heterocycles. The van der Waals surface area contributed by atoms with E-state index in [0.29, 0.717) is 12.8 Å². The van der Waals surface area contributed by atoms with Gasteiger partial charge in [0.1, 0.15) is 0 Å². The number of aliphatic hydroxyl groups is 2. The molecule has 3 N–H and O–H groups in total. The molecular weight excluding hydrogens is 687 g/mol. The van der Waals surface area contributed by atoms with Crippen molar-refractivity contribution in [3.05, 3.63) is 24.3 Å². The van der Waals surface area contributed by atoms with E-state index in [-0.39, 0.29) is 12.5 Å². The maximum Gasteiger partial charge on any atom is 0.220 e. The van der Waals surface area contributed by atoms with Crippen LogP contribution in [0.25, 0.3) is 0 Å². The molecule has 0 aliphatic rings. The van der Waals surface area contributed by atoms with Gasteiger partial charge in [-0.05, 0) is 44.9 Å². The molecule has 0 radical (unpaired) electrons. The molecule has 0 aromatic carbocycles. The van der Waals surface area contributed by atoms with E-state index in [1.165, 1.54) is 225 Å². The summed E-state index contributed by atoms with van der Waals surface area (Å²) < 4.78 is 0. The summed E-state index contributed by atoms with van der Waals surface area (Å²) in [6.07, 6.45) is 62.9. The number of aliphatic hydroxyl groups excluding tert-OH is 2. The summed E-state index contributed by atoms with van der Waals surface area (Å²) in [6, 6.07) is -0.539. The molecule has 0 aromatic rings. The lowest BCUT2D eigenvalue weighted by molar-refractivity contribution is -0.123. The van der Waals surface area contributed by atoms with Crippen LogP contribution in [0.4, 0.5) is 0 Å². The second-order valence-corrected chi connectivity index (χ2v) is 17.6. The van der Waals surface area contributed by atoms with Gasteiger partial charge in [-0.25, -0.2) is 0 Å². The Labute approximate surface area is 351 Å². The molecule has 1 amide bonds. The Morgan fingerprint density at radius 2 is 0.732 bits per heavy atom. The molecule has 0 rings (SSSR count). The Hall–Kier alpha value is -1.13. The lowest BCUT2D eigenvalue weighted by atomic mass is 10.0. The van der Waals surface area contributed by atoms with Crippen molar-refractivity contribution in [2.75, 3.05) is 6.61 Å². The van der Waals surface area contributed by atoms with Crippen LogP contribution >= 0.6 is 0 Å². The molecule has 2 unspecified atom stereocenters. The minimum atomic E-state index is -0.662. The van der Waals surface area contributed by atoms with Crippen LogP contribution in [0.1, 0.15) is 284 Å². The number of allylic oxidation sites excluding steroid dienone is 4. The zero-order valence-corrected chi connectivity index (χ0v) is 38.2. The van der Waals surface area contributed by atoms with Crippen molar-refractivity contribution in [2.45, 2.75) is 296 Å². The minimum absolute atomic E-state index is 0.0362. The van der Waals surface area contributed by atoms with Crippen molar-refractivity contribution >= 4 is 5.91 Å². The number of unbranched alkanes of at least 4 members (excludes halogenated alkanes) is 36. The third-order valence-corrected chi connectivity index (χ3v) is 12.0. The largest absolute Gasteiger partial charge is 0.394 e. The second-order valence-electron chi connectivity index (χ2n) is 17.6. The molecule has 0 aliphatic heterocycles. The first kappa shape index (κ1) is 54.9. The van der Waals surface area contributed by atoms with Gasteiger partial charge >= 0.3 is 0 Å². The van der Waals surface area contributed by atoms with E-state index in [1.807, 2.05) is 0 Å². The van der Waals surface area contributed by atoms with Gasteiger partial charge in [-0.1, -0.05) is 256 Å². The number of hydrogen-bond donors (Lipinski definition) is 3. The Morgan fingerprint density at radius 1 is 0.429 bits per heavy atom. The third-order valence-electron chi connectivity index (χ3n) is 12.0. The fourth-order valence-corrected chi connectivity index (χ4v) is 8.04. The Morgan fingerprint density at radius 3 is 1.11 bits per heavy atom. The summed E-state index contributed by atoms with van der Waals surface area (Å²) in [5.74, 6) is -0.0362.